The molecule has 0 spiro atoms. The van der Waals surface area contributed by atoms with Crippen LogP contribution in [-0.2, 0) is 11.3 Å². The van der Waals surface area contributed by atoms with Crippen LogP contribution in [0, 0.1) is 5.92 Å². The van der Waals surface area contributed by atoms with Gasteiger partial charge in [0.15, 0.2) is 5.82 Å². The predicted octanol–water partition coefficient (Wildman–Crippen LogP) is 1.30. The number of hydrogen-bond donors (Lipinski definition) is 0. The van der Waals surface area contributed by atoms with Crippen molar-refractivity contribution in [1.29, 1.82) is 0 Å². The van der Waals surface area contributed by atoms with Gasteiger partial charge in [0, 0.05) is 31.5 Å². The Hall–Kier alpha value is -2.69. The first-order valence-electron chi connectivity index (χ1n) is 9.98. The minimum Gasteiger partial charge on any atom is -0.332 e. The van der Waals surface area contributed by atoms with Crippen molar-refractivity contribution >= 4 is 5.91 Å². The SMILES string of the molecule is O=C1C(N2CCC(Cn3nc(-n4cccn4)ccc3=O)CC2)CCN1CC(F)(F)F. The molecule has 8 nitrogen and oxygen atoms in total. The first-order valence-corrected chi connectivity index (χ1v) is 9.98. The summed E-state index contributed by atoms with van der Waals surface area (Å²) in [6.45, 7) is 0.659. The summed E-state index contributed by atoms with van der Waals surface area (Å²) in [5.74, 6) is 0.330. The lowest BCUT2D eigenvalue weighted by Gasteiger charge is -2.35. The maximum Gasteiger partial charge on any atom is 0.406 e. The van der Waals surface area contributed by atoms with E-state index in [1.807, 2.05) is 4.90 Å². The summed E-state index contributed by atoms with van der Waals surface area (Å²) < 4.78 is 40.9. The van der Waals surface area contributed by atoms with Crippen molar-refractivity contribution in [1.82, 2.24) is 29.4 Å². The summed E-state index contributed by atoms with van der Waals surface area (Å²) in [6.07, 6.45) is 0.935. The standard InChI is InChI=1S/C19H23F3N6O2/c20-19(21,22)13-26-11-6-15(18(26)30)25-9-4-14(5-10-25)12-28-17(29)3-2-16(24-28)27-8-1-7-23-27/h1-3,7-8,14-15H,4-6,9-13H2. The second kappa shape index (κ2) is 8.21. The number of amides is 1. The van der Waals surface area contributed by atoms with Gasteiger partial charge in [-0.25, -0.2) is 9.36 Å². The van der Waals surface area contributed by atoms with Gasteiger partial charge in [-0.1, -0.05) is 0 Å². The van der Waals surface area contributed by atoms with Crippen LogP contribution in [0.25, 0.3) is 5.82 Å². The van der Waals surface area contributed by atoms with Crippen LogP contribution in [0.15, 0.2) is 35.4 Å². The highest BCUT2D eigenvalue weighted by atomic mass is 19.4. The van der Waals surface area contributed by atoms with Gasteiger partial charge in [0.05, 0.1) is 6.04 Å². The first-order chi connectivity index (χ1) is 14.3. The van der Waals surface area contributed by atoms with Crippen molar-refractivity contribution in [2.75, 3.05) is 26.2 Å². The molecule has 11 heteroatoms. The van der Waals surface area contributed by atoms with Crippen LogP contribution in [0.2, 0.25) is 0 Å². The maximum absolute atomic E-state index is 12.6. The highest BCUT2D eigenvalue weighted by Crippen LogP contribution is 2.27. The van der Waals surface area contributed by atoms with Gasteiger partial charge in [-0.2, -0.15) is 18.3 Å². The topological polar surface area (TPSA) is 76.3 Å². The Balaban J connectivity index is 1.34. The fraction of sp³-hybridized carbons (Fsp3) is 0.579. The zero-order chi connectivity index (χ0) is 21.3. The quantitative estimate of drug-likeness (QED) is 0.724. The van der Waals surface area contributed by atoms with E-state index in [-0.39, 0.29) is 18.0 Å². The van der Waals surface area contributed by atoms with E-state index in [1.54, 1.807) is 29.2 Å². The average molecular weight is 424 g/mol. The molecule has 0 aliphatic carbocycles. The molecule has 1 unspecified atom stereocenters. The minimum atomic E-state index is -4.37. The molecule has 1 amide bonds. The van der Waals surface area contributed by atoms with Crippen molar-refractivity contribution in [3.05, 3.63) is 40.9 Å². The van der Waals surface area contributed by atoms with Crippen molar-refractivity contribution < 1.29 is 18.0 Å². The Bertz CT molecular complexity index is 934. The molecule has 0 radical (unpaired) electrons. The number of halogens is 3. The molecule has 0 saturated carbocycles. The lowest BCUT2D eigenvalue weighted by atomic mass is 9.95. The highest BCUT2D eigenvalue weighted by Gasteiger charge is 2.42. The van der Waals surface area contributed by atoms with Gasteiger partial charge in [-0.15, -0.1) is 5.10 Å². The van der Waals surface area contributed by atoms with E-state index in [2.05, 4.69) is 10.2 Å². The second-order valence-corrected chi connectivity index (χ2v) is 7.82. The molecule has 0 N–H and O–H groups in total. The van der Waals surface area contributed by atoms with E-state index < -0.39 is 24.7 Å². The monoisotopic (exact) mass is 424 g/mol. The number of hydrogen-bond acceptors (Lipinski definition) is 5. The number of alkyl halides is 3. The Labute approximate surface area is 170 Å². The van der Waals surface area contributed by atoms with E-state index in [4.69, 9.17) is 0 Å². The summed E-state index contributed by atoms with van der Waals surface area (Å²) in [5, 5.41) is 8.50. The third-order valence-electron chi connectivity index (χ3n) is 5.75. The van der Waals surface area contributed by atoms with Crippen molar-refractivity contribution in [2.45, 2.75) is 38.0 Å². The number of likely N-dealkylation sites (tertiary alicyclic amines) is 2. The molecule has 0 aromatic carbocycles. The van der Waals surface area contributed by atoms with Gasteiger partial charge >= 0.3 is 6.18 Å². The number of aromatic nitrogens is 4. The highest BCUT2D eigenvalue weighted by molar-refractivity contribution is 5.84. The van der Waals surface area contributed by atoms with Crippen molar-refractivity contribution in [3.8, 4) is 5.82 Å². The first kappa shape index (κ1) is 20.6. The average Bonchev–Trinajstić information content (AvgIpc) is 3.34. The third kappa shape index (κ3) is 4.55. The van der Waals surface area contributed by atoms with Crippen molar-refractivity contribution in [3.63, 3.8) is 0 Å². The zero-order valence-corrected chi connectivity index (χ0v) is 16.3. The Kier molecular flexibility index (Phi) is 5.63. The number of carbonyl (C=O) groups excluding carboxylic acids is 1. The van der Waals surface area contributed by atoms with Crippen LogP contribution < -0.4 is 5.56 Å². The summed E-state index contributed by atoms with van der Waals surface area (Å²) in [4.78, 5) is 27.5. The minimum absolute atomic E-state index is 0.141. The maximum atomic E-state index is 12.6. The fourth-order valence-corrected chi connectivity index (χ4v) is 4.22. The van der Waals surface area contributed by atoms with Crippen LogP contribution in [0.5, 0.6) is 0 Å². The molecule has 2 aliphatic rings. The van der Waals surface area contributed by atoms with E-state index in [1.165, 1.54) is 10.7 Å². The van der Waals surface area contributed by atoms with Gasteiger partial charge in [-0.3, -0.25) is 14.5 Å². The number of rotatable bonds is 5. The third-order valence-corrected chi connectivity index (χ3v) is 5.75. The largest absolute Gasteiger partial charge is 0.406 e. The van der Waals surface area contributed by atoms with Gasteiger partial charge in [0.1, 0.15) is 6.54 Å². The predicted molar refractivity (Wildman–Crippen MR) is 101 cm³/mol. The molecule has 2 aromatic rings. The molecule has 1 atom stereocenters. The van der Waals surface area contributed by atoms with Gasteiger partial charge in [0.2, 0.25) is 5.91 Å². The molecular formula is C19H23F3N6O2. The normalized spacial score (nSPS) is 21.5. The van der Waals surface area contributed by atoms with Crippen LogP contribution in [0.1, 0.15) is 19.3 Å². The van der Waals surface area contributed by atoms with E-state index >= 15 is 0 Å². The van der Waals surface area contributed by atoms with Gasteiger partial charge < -0.3 is 4.90 Å². The van der Waals surface area contributed by atoms with Crippen LogP contribution >= 0.6 is 0 Å². The summed E-state index contributed by atoms with van der Waals surface area (Å²) in [5.41, 5.74) is -0.193. The van der Waals surface area contributed by atoms with Gasteiger partial charge in [0.25, 0.3) is 5.56 Å². The molecule has 2 aromatic heterocycles. The molecule has 2 aliphatic heterocycles. The van der Waals surface area contributed by atoms with Crippen LogP contribution in [0.3, 0.4) is 0 Å². The molecule has 0 bridgehead atoms. The molecule has 4 rings (SSSR count). The Morgan fingerprint density at radius 1 is 1.07 bits per heavy atom. The van der Waals surface area contributed by atoms with E-state index in [9.17, 15) is 22.8 Å². The summed E-state index contributed by atoms with van der Waals surface area (Å²) in [6, 6.07) is 4.38. The van der Waals surface area contributed by atoms with Gasteiger partial charge in [-0.05, 0) is 50.4 Å². The molecule has 4 heterocycles. The van der Waals surface area contributed by atoms with E-state index in [0.717, 1.165) is 17.7 Å². The molecular weight excluding hydrogens is 401 g/mol. The second-order valence-electron chi connectivity index (χ2n) is 7.82. The van der Waals surface area contributed by atoms with Crippen molar-refractivity contribution in [2.24, 2.45) is 5.92 Å². The van der Waals surface area contributed by atoms with Crippen LogP contribution in [-0.4, -0.2) is 73.7 Å². The fourth-order valence-electron chi connectivity index (χ4n) is 4.22. The molecule has 30 heavy (non-hydrogen) atoms. The zero-order valence-electron chi connectivity index (χ0n) is 16.3. The summed E-state index contributed by atoms with van der Waals surface area (Å²) >= 11 is 0. The molecule has 162 valence electrons. The Morgan fingerprint density at radius 3 is 2.50 bits per heavy atom. The lowest BCUT2D eigenvalue weighted by Crippen LogP contribution is -2.47. The number of nitrogens with zero attached hydrogens (tertiary/aromatic N) is 6. The summed E-state index contributed by atoms with van der Waals surface area (Å²) in [7, 11) is 0. The Morgan fingerprint density at radius 2 is 1.83 bits per heavy atom. The molecule has 2 fully saturated rings. The smallest absolute Gasteiger partial charge is 0.332 e. The van der Waals surface area contributed by atoms with E-state index in [0.29, 0.717) is 31.9 Å². The number of piperidine rings is 1. The lowest BCUT2D eigenvalue weighted by molar-refractivity contribution is -0.159. The molecule has 2 saturated heterocycles. The number of carbonyl (C=O) groups is 1. The van der Waals surface area contributed by atoms with Crippen LogP contribution in [0.4, 0.5) is 13.2 Å².